The van der Waals surface area contributed by atoms with Crippen LogP contribution in [0.5, 0.6) is 0 Å². The molecule has 0 atom stereocenters. The highest BCUT2D eigenvalue weighted by Gasteiger charge is 2.19. The topological polar surface area (TPSA) is 119 Å². The van der Waals surface area contributed by atoms with Crippen molar-refractivity contribution in [2.24, 2.45) is 0 Å². The van der Waals surface area contributed by atoms with Crippen LogP contribution in [0.2, 0.25) is 0 Å². The number of ether oxygens (including phenoxy) is 1. The molecule has 0 radical (unpaired) electrons. The molecule has 2 aromatic rings. The lowest BCUT2D eigenvalue weighted by atomic mass is 10.1. The standard InChI is InChI=1S/C20H26N2O6S2/c1-4-28-20(23)16-10-7-11-19(12-16)30(26,27)21-13-17-8-5-6-9-18(17)14-29(24,25)22-15(2)3/h5-12,15,21-22H,4,13-14H2,1-3H3. The maximum atomic E-state index is 12.7. The van der Waals surface area contributed by atoms with Crippen molar-refractivity contribution in [3.8, 4) is 0 Å². The fourth-order valence-electron chi connectivity index (χ4n) is 2.74. The van der Waals surface area contributed by atoms with Gasteiger partial charge in [0.15, 0.2) is 0 Å². The predicted octanol–water partition coefficient (Wildman–Crippen LogP) is 2.17. The number of carbonyl (C=O) groups excluding carboxylic acids is 1. The number of rotatable bonds is 10. The molecule has 0 amide bonds. The van der Waals surface area contributed by atoms with E-state index >= 15 is 0 Å². The van der Waals surface area contributed by atoms with E-state index in [-0.39, 0.29) is 35.4 Å². The highest BCUT2D eigenvalue weighted by Crippen LogP contribution is 2.16. The Morgan fingerprint density at radius 2 is 1.67 bits per heavy atom. The molecule has 0 saturated heterocycles. The van der Waals surface area contributed by atoms with Crippen molar-refractivity contribution in [2.45, 2.75) is 44.0 Å². The van der Waals surface area contributed by atoms with Gasteiger partial charge in [-0.25, -0.2) is 31.1 Å². The van der Waals surface area contributed by atoms with Crippen LogP contribution in [0.25, 0.3) is 0 Å². The van der Waals surface area contributed by atoms with Gasteiger partial charge in [0.2, 0.25) is 20.0 Å². The first-order chi connectivity index (χ1) is 14.0. The monoisotopic (exact) mass is 454 g/mol. The van der Waals surface area contributed by atoms with Crippen molar-refractivity contribution in [1.29, 1.82) is 0 Å². The largest absolute Gasteiger partial charge is 0.462 e. The first-order valence-electron chi connectivity index (χ1n) is 9.37. The van der Waals surface area contributed by atoms with Crippen molar-refractivity contribution >= 4 is 26.0 Å². The molecule has 2 N–H and O–H groups in total. The van der Waals surface area contributed by atoms with Crippen molar-refractivity contribution in [3.63, 3.8) is 0 Å². The minimum Gasteiger partial charge on any atom is -0.462 e. The highest BCUT2D eigenvalue weighted by atomic mass is 32.2. The second kappa shape index (κ2) is 10.2. The first kappa shape index (κ1) is 24.0. The van der Waals surface area contributed by atoms with Gasteiger partial charge in [-0.15, -0.1) is 0 Å². The van der Waals surface area contributed by atoms with Crippen LogP contribution in [0.15, 0.2) is 53.4 Å². The molecule has 2 aromatic carbocycles. The molecule has 2 rings (SSSR count). The molecule has 0 unspecified atom stereocenters. The molecule has 0 aromatic heterocycles. The van der Waals surface area contributed by atoms with Gasteiger partial charge in [0.25, 0.3) is 0 Å². The molecule has 10 heteroatoms. The summed E-state index contributed by atoms with van der Waals surface area (Å²) >= 11 is 0. The smallest absolute Gasteiger partial charge is 0.338 e. The van der Waals surface area contributed by atoms with Gasteiger partial charge in [-0.3, -0.25) is 0 Å². The van der Waals surface area contributed by atoms with Crippen molar-refractivity contribution < 1.29 is 26.4 Å². The Hall–Kier alpha value is -2.27. The lowest BCUT2D eigenvalue weighted by molar-refractivity contribution is 0.0526. The summed E-state index contributed by atoms with van der Waals surface area (Å²) in [6.07, 6.45) is 0. The van der Waals surface area contributed by atoms with Crippen LogP contribution in [0, 0.1) is 0 Å². The number of hydrogen-bond acceptors (Lipinski definition) is 6. The predicted molar refractivity (Wildman–Crippen MR) is 114 cm³/mol. The van der Waals surface area contributed by atoms with Crippen molar-refractivity contribution in [3.05, 3.63) is 65.2 Å². The molecule has 30 heavy (non-hydrogen) atoms. The third-order valence-electron chi connectivity index (χ3n) is 3.99. The van der Waals surface area contributed by atoms with E-state index in [2.05, 4.69) is 9.44 Å². The van der Waals surface area contributed by atoms with E-state index in [1.807, 2.05) is 0 Å². The second-order valence-corrected chi connectivity index (χ2v) is 10.4. The van der Waals surface area contributed by atoms with E-state index in [4.69, 9.17) is 4.74 Å². The lowest BCUT2D eigenvalue weighted by Gasteiger charge is -2.14. The summed E-state index contributed by atoms with van der Waals surface area (Å²) in [5, 5.41) is 0. The number of sulfonamides is 2. The highest BCUT2D eigenvalue weighted by molar-refractivity contribution is 7.89. The Labute approximate surface area is 177 Å². The van der Waals surface area contributed by atoms with Gasteiger partial charge in [0.1, 0.15) is 0 Å². The summed E-state index contributed by atoms with van der Waals surface area (Å²) in [7, 11) is -7.49. The van der Waals surface area contributed by atoms with Crippen LogP contribution in [0.4, 0.5) is 0 Å². The maximum absolute atomic E-state index is 12.7. The molecular formula is C20H26N2O6S2. The molecule has 0 spiro atoms. The number of benzene rings is 2. The molecule has 0 aliphatic heterocycles. The van der Waals surface area contributed by atoms with E-state index < -0.39 is 26.0 Å². The Kier molecular flexibility index (Phi) is 8.13. The van der Waals surface area contributed by atoms with Crippen LogP contribution in [0.1, 0.15) is 42.3 Å². The maximum Gasteiger partial charge on any atom is 0.338 e. The number of carbonyl (C=O) groups is 1. The summed E-state index contributed by atoms with van der Waals surface area (Å²) in [5.74, 6) is -0.871. The van der Waals surface area contributed by atoms with Gasteiger partial charge in [0, 0.05) is 12.6 Å². The van der Waals surface area contributed by atoms with Crippen LogP contribution >= 0.6 is 0 Å². The third-order valence-corrected chi connectivity index (χ3v) is 6.91. The number of hydrogen-bond donors (Lipinski definition) is 2. The van der Waals surface area contributed by atoms with Crippen molar-refractivity contribution in [2.75, 3.05) is 6.61 Å². The van der Waals surface area contributed by atoms with E-state index in [0.29, 0.717) is 11.1 Å². The van der Waals surface area contributed by atoms with Gasteiger partial charge in [-0.2, -0.15) is 0 Å². The van der Waals surface area contributed by atoms with E-state index in [9.17, 15) is 21.6 Å². The van der Waals surface area contributed by atoms with Crippen molar-refractivity contribution in [1.82, 2.24) is 9.44 Å². The molecule has 0 fully saturated rings. The zero-order valence-electron chi connectivity index (χ0n) is 17.1. The van der Waals surface area contributed by atoms with E-state index in [1.165, 1.54) is 24.3 Å². The second-order valence-electron chi connectivity index (χ2n) is 6.87. The normalized spacial score (nSPS) is 12.1. The third kappa shape index (κ3) is 6.91. The van der Waals surface area contributed by atoms with Crippen LogP contribution < -0.4 is 9.44 Å². The number of nitrogens with one attached hydrogen (secondary N) is 2. The summed E-state index contributed by atoms with van der Waals surface area (Å²) in [5.41, 5.74) is 1.16. The lowest BCUT2D eigenvalue weighted by Crippen LogP contribution is -2.32. The Balaban J connectivity index is 2.19. The summed E-state index contributed by atoms with van der Waals surface area (Å²) < 4.78 is 59.7. The van der Waals surface area contributed by atoms with Gasteiger partial charge in [-0.05, 0) is 50.1 Å². The zero-order chi connectivity index (χ0) is 22.4. The fraction of sp³-hybridized carbons (Fsp3) is 0.350. The molecule has 0 aliphatic carbocycles. The van der Waals surface area contributed by atoms with E-state index in [0.717, 1.165) is 0 Å². The van der Waals surface area contributed by atoms with Gasteiger partial charge >= 0.3 is 5.97 Å². The first-order valence-corrected chi connectivity index (χ1v) is 12.5. The fourth-order valence-corrected chi connectivity index (χ4v) is 5.28. The molecule has 0 bridgehead atoms. The van der Waals surface area contributed by atoms with Gasteiger partial charge < -0.3 is 4.74 Å². The van der Waals surface area contributed by atoms with E-state index in [1.54, 1.807) is 45.0 Å². The Morgan fingerprint density at radius 3 is 2.30 bits per heavy atom. The summed E-state index contributed by atoms with van der Waals surface area (Å²) in [4.78, 5) is 11.8. The zero-order valence-corrected chi connectivity index (χ0v) is 18.7. The number of esters is 1. The quantitative estimate of drug-likeness (QED) is 0.531. The molecule has 0 aliphatic rings. The Morgan fingerprint density at radius 1 is 1.00 bits per heavy atom. The minimum absolute atomic E-state index is 0.0837. The van der Waals surface area contributed by atoms with Crippen LogP contribution in [0.3, 0.4) is 0 Å². The Bertz CT molecular complexity index is 1100. The molecule has 8 nitrogen and oxygen atoms in total. The molecular weight excluding hydrogens is 428 g/mol. The molecule has 0 saturated carbocycles. The average molecular weight is 455 g/mol. The summed E-state index contributed by atoms with van der Waals surface area (Å²) in [6, 6.07) is 12.0. The summed E-state index contributed by atoms with van der Waals surface area (Å²) in [6.45, 7) is 5.19. The average Bonchev–Trinajstić information content (AvgIpc) is 2.66. The van der Waals surface area contributed by atoms with Gasteiger partial charge in [-0.1, -0.05) is 30.3 Å². The van der Waals surface area contributed by atoms with Gasteiger partial charge in [0.05, 0.1) is 22.8 Å². The SMILES string of the molecule is CCOC(=O)c1cccc(S(=O)(=O)NCc2ccccc2CS(=O)(=O)NC(C)C)c1. The van der Waals surface area contributed by atoms with Crippen LogP contribution in [-0.2, 0) is 37.1 Å². The van der Waals surface area contributed by atoms with Crippen LogP contribution in [-0.4, -0.2) is 35.5 Å². The molecule has 164 valence electrons. The molecule has 0 heterocycles. The minimum atomic E-state index is -3.93.